The Morgan fingerprint density at radius 2 is 0.538 bits per heavy atom. The van der Waals surface area contributed by atoms with Gasteiger partial charge in [-0.3, -0.25) is 0 Å². The second-order valence-electron chi connectivity index (χ2n) is 10.7. The fourth-order valence-corrected chi connectivity index (χ4v) is 6.05. The number of hydrogen-bond acceptors (Lipinski definition) is 0. The van der Waals surface area contributed by atoms with E-state index in [-0.39, 0.29) is 0 Å². The fourth-order valence-electron chi connectivity index (χ4n) is 6.05. The highest BCUT2D eigenvalue weighted by atomic mass is 14.1. The Labute approximate surface area is 232 Å². The van der Waals surface area contributed by atoms with Gasteiger partial charge in [0.1, 0.15) is 6.15 Å². The van der Waals surface area contributed by atoms with Crippen LogP contribution >= 0.6 is 0 Å². The molecular weight excluding hydrogens is 467 g/mol. The van der Waals surface area contributed by atoms with Gasteiger partial charge >= 0.3 is 0 Å². The zero-order valence-electron chi connectivity index (χ0n) is 22.6. The Balaban J connectivity index is 1.59. The van der Waals surface area contributed by atoms with Gasteiger partial charge in [0.15, 0.2) is 0 Å². The SMILES string of the molecule is Cc1ccc([B-](c2ccc(C)cc2)(c2ccc(-c3ccccc3)cc2)c2ccc(-c3ccccc3)cc2)cc1. The van der Waals surface area contributed by atoms with Crippen molar-refractivity contribution in [3.05, 3.63) is 169 Å². The molecule has 0 saturated carbocycles. The molecule has 0 aliphatic rings. The van der Waals surface area contributed by atoms with Crippen molar-refractivity contribution in [3.8, 4) is 22.3 Å². The van der Waals surface area contributed by atoms with Crippen LogP contribution in [0.2, 0.25) is 0 Å². The van der Waals surface area contributed by atoms with Gasteiger partial charge < -0.3 is 0 Å². The van der Waals surface area contributed by atoms with Crippen molar-refractivity contribution in [2.24, 2.45) is 0 Å². The van der Waals surface area contributed by atoms with Crippen LogP contribution in [0.5, 0.6) is 0 Å². The first-order chi connectivity index (χ1) is 19.1. The molecule has 0 fully saturated rings. The molecule has 0 aliphatic carbocycles. The van der Waals surface area contributed by atoms with E-state index >= 15 is 0 Å². The largest absolute Gasteiger partial charge is 0.195 e. The summed E-state index contributed by atoms with van der Waals surface area (Å²) >= 11 is 0. The van der Waals surface area contributed by atoms with Crippen molar-refractivity contribution < 1.29 is 0 Å². The molecule has 6 rings (SSSR count). The molecule has 0 radical (unpaired) electrons. The Morgan fingerprint density at radius 3 is 0.846 bits per heavy atom. The smallest absolute Gasteiger partial charge is 0.108 e. The molecule has 0 amide bonds. The average Bonchev–Trinajstić information content (AvgIpc) is 3.01. The van der Waals surface area contributed by atoms with Crippen LogP contribution in [0.1, 0.15) is 11.1 Å². The molecule has 0 aromatic heterocycles. The summed E-state index contributed by atoms with van der Waals surface area (Å²) in [7, 11) is 0. The van der Waals surface area contributed by atoms with Crippen LogP contribution in [-0.2, 0) is 0 Å². The molecule has 0 atom stereocenters. The average molecular weight is 499 g/mol. The van der Waals surface area contributed by atoms with Crippen molar-refractivity contribution in [1.29, 1.82) is 0 Å². The molecule has 0 N–H and O–H groups in total. The lowest BCUT2D eigenvalue weighted by Crippen LogP contribution is -2.74. The second kappa shape index (κ2) is 10.6. The Kier molecular flexibility index (Phi) is 6.74. The minimum atomic E-state index is -1.42. The quantitative estimate of drug-likeness (QED) is 0.216. The predicted octanol–water partition coefficient (Wildman–Crippen LogP) is 7.01. The van der Waals surface area contributed by atoms with Gasteiger partial charge in [-0.2, -0.15) is 21.9 Å². The van der Waals surface area contributed by atoms with Crippen LogP contribution in [0.15, 0.2) is 158 Å². The summed E-state index contributed by atoms with van der Waals surface area (Å²) in [5, 5.41) is 0. The van der Waals surface area contributed by atoms with E-state index in [0.717, 1.165) is 0 Å². The maximum absolute atomic E-state index is 2.34. The third-order valence-electron chi connectivity index (χ3n) is 8.19. The van der Waals surface area contributed by atoms with Gasteiger partial charge in [-0.05, 0) is 36.1 Å². The first kappa shape index (κ1) is 24.7. The molecule has 0 unspecified atom stereocenters. The van der Waals surface area contributed by atoms with E-state index in [1.807, 2.05) is 0 Å². The number of rotatable bonds is 6. The standard InChI is InChI=1S/C38H32B/c1-29-13-21-35(22-14-29)39(36-23-15-30(2)16-24-36,37-25-17-33(18-26-37)31-9-5-3-6-10-31)38-27-19-34(20-28-38)32-11-7-4-8-12-32/h3-28H,1-2H3/q-1. The molecule has 6 aromatic carbocycles. The summed E-state index contributed by atoms with van der Waals surface area (Å²) in [4.78, 5) is 0. The van der Waals surface area contributed by atoms with Crippen molar-refractivity contribution in [2.75, 3.05) is 0 Å². The summed E-state index contributed by atoms with van der Waals surface area (Å²) in [5.74, 6) is 0. The lowest BCUT2D eigenvalue weighted by atomic mass is 9.13. The van der Waals surface area contributed by atoms with Gasteiger partial charge in [0.25, 0.3) is 0 Å². The van der Waals surface area contributed by atoms with Crippen molar-refractivity contribution in [2.45, 2.75) is 13.8 Å². The van der Waals surface area contributed by atoms with Gasteiger partial charge in [0.05, 0.1) is 0 Å². The summed E-state index contributed by atoms with van der Waals surface area (Å²) in [6.07, 6.45) is -1.42. The molecule has 6 aromatic rings. The highest BCUT2D eigenvalue weighted by Crippen LogP contribution is 2.21. The molecule has 0 aliphatic heterocycles. The van der Waals surface area contributed by atoms with E-state index in [1.54, 1.807) is 0 Å². The molecule has 39 heavy (non-hydrogen) atoms. The molecule has 0 bridgehead atoms. The summed E-state index contributed by atoms with van der Waals surface area (Å²) in [6, 6.07) is 58.0. The van der Waals surface area contributed by atoms with Crippen LogP contribution in [0.4, 0.5) is 0 Å². The summed E-state index contributed by atoms with van der Waals surface area (Å²) < 4.78 is 0. The maximum Gasteiger partial charge on any atom is 0.108 e. The topological polar surface area (TPSA) is 0 Å². The Hall–Kier alpha value is -4.62. The predicted molar refractivity (Wildman–Crippen MR) is 170 cm³/mol. The van der Waals surface area contributed by atoms with Crippen LogP contribution in [0.3, 0.4) is 0 Å². The summed E-state index contributed by atoms with van der Waals surface area (Å²) in [5.41, 5.74) is 12.8. The Bertz CT molecular complexity index is 1520. The minimum absolute atomic E-state index is 1.23. The second-order valence-corrected chi connectivity index (χ2v) is 10.7. The molecule has 0 heterocycles. The lowest BCUT2D eigenvalue weighted by Gasteiger charge is -2.44. The molecule has 0 nitrogen and oxygen atoms in total. The zero-order valence-corrected chi connectivity index (χ0v) is 22.6. The normalized spacial score (nSPS) is 11.3. The maximum atomic E-state index is 2.34. The van der Waals surface area contributed by atoms with Crippen molar-refractivity contribution in [1.82, 2.24) is 0 Å². The third-order valence-corrected chi connectivity index (χ3v) is 8.19. The summed E-state index contributed by atoms with van der Waals surface area (Å²) in [6.45, 7) is 4.32. The number of benzene rings is 6. The van der Waals surface area contributed by atoms with E-state index in [9.17, 15) is 0 Å². The van der Waals surface area contributed by atoms with E-state index in [0.29, 0.717) is 0 Å². The fraction of sp³-hybridized carbons (Fsp3) is 0.0526. The Morgan fingerprint density at radius 1 is 0.282 bits per heavy atom. The zero-order chi connectivity index (χ0) is 26.7. The first-order valence-corrected chi connectivity index (χ1v) is 13.8. The molecule has 1 heteroatoms. The van der Waals surface area contributed by atoms with Crippen LogP contribution < -0.4 is 21.9 Å². The minimum Gasteiger partial charge on any atom is -0.195 e. The first-order valence-electron chi connectivity index (χ1n) is 13.8. The van der Waals surface area contributed by atoms with E-state index < -0.39 is 6.15 Å². The van der Waals surface area contributed by atoms with Gasteiger partial charge in [-0.15, -0.1) is 0 Å². The number of hydrogen-bond donors (Lipinski definition) is 0. The van der Waals surface area contributed by atoms with E-state index in [1.165, 1.54) is 55.2 Å². The van der Waals surface area contributed by atoms with Crippen LogP contribution in [0, 0.1) is 13.8 Å². The van der Waals surface area contributed by atoms with Gasteiger partial charge in [-0.1, -0.05) is 169 Å². The highest BCUT2D eigenvalue weighted by molar-refractivity contribution is 7.19. The van der Waals surface area contributed by atoms with Gasteiger partial charge in [0.2, 0.25) is 0 Å². The molecule has 188 valence electrons. The van der Waals surface area contributed by atoms with E-state index in [4.69, 9.17) is 0 Å². The molecular formula is C38H32B-. The van der Waals surface area contributed by atoms with Crippen LogP contribution in [-0.4, -0.2) is 6.15 Å². The van der Waals surface area contributed by atoms with E-state index in [2.05, 4.69) is 172 Å². The third kappa shape index (κ3) is 4.73. The van der Waals surface area contributed by atoms with Crippen LogP contribution in [0.25, 0.3) is 22.3 Å². The molecule has 0 spiro atoms. The number of aryl methyl sites for hydroxylation is 2. The molecule has 0 saturated heterocycles. The highest BCUT2D eigenvalue weighted by Gasteiger charge is 2.31. The van der Waals surface area contributed by atoms with Gasteiger partial charge in [0, 0.05) is 0 Å². The monoisotopic (exact) mass is 499 g/mol. The van der Waals surface area contributed by atoms with Crippen molar-refractivity contribution in [3.63, 3.8) is 0 Å². The lowest BCUT2D eigenvalue weighted by molar-refractivity contribution is 1.48. The van der Waals surface area contributed by atoms with Gasteiger partial charge in [-0.25, -0.2) is 0 Å². The van der Waals surface area contributed by atoms with Crippen molar-refractivity contribution >= 4 is 28.0 Å².